The van der Waals surface area contributed by atoms with Crippen LogP contribution < -0.4 is 5.73 Å². The standard InChI is InChI=1S/C10H11N3O2/c1-14-6-7-5-9(11)13-10(12-7)8-3-2-4-15-8/h2-5H,6H2,1H3,(H2,11,12,13). The Labute approximate surface area is 86.9 Å². The molecule has 2 N–H and O–H groups in total. The van der Waals surface area contributed by atoms with Crippen LogP contribution in [0.5, 0.6) is 0 Å². The minimum absolute atomic E-state index is 0.403. The molecule has 0 saturated heterocycles. The molecule has 0 aliphatic carbocycles. The second-order valence-electron chi connectivity index (χ2n) is 3.02. The fraction of sp³-hybridized carbons (Fsp3) is 0.200. The Kier molecular flexibility index (Phi) is 2.64. The normalized spacial score (nSPS) is 10.5. The maximum absolute atomic E-state index is 5.65. The highest BCUT2D eigenvalue weighted by molar-refractivity contribution is 5.49. The molecule has 0 radical (unpaired) electrons. The molecular formula is C10H11N3O2. The molecule has 0 spiro atoms. The molecule has 2 rings (SSSR count). The highest BCUT2D eigenvalue weighted by Crippen LogP contribution is 2.17. The first-order valence-corrected chi connectivity index (χ1v) is 4.46. The van der Waals surface area contributed by atoms with Gasteiger partial charge in [0.25, 0.3) is 0 Å². The Morgan fingerprint density at radius 2 is 2.33 bits per heavy atom. The number of furan rings is 1. The monoisotopic (exact) mass is 205 g/mol. The van der Waals surface area contributed by atoms with Gasteiger partial charge in [-0.15, -0.1) is 0 Å². The summed E-state index contributed by atoms with van der Waals surface area (Å²) in [5.41, 5.74) is 6.38. The van der Waals surface area contributed by atoms with E-state index in [1.165, 1.54) is 0 Å². The third kappa shape index (κ3) is 2.13. The van der Waals surface area contributed by atoms with E-state index in [1.807, 2.05) is 0 Å². The molecule has 0 aliphatic heterocycles. The van der Waals surface area contributed by atoms with Gasteiger partial charge in [-0.2, -0.15) is 0 Å². The van der Waals surface area contributed by atoms with Crippen molar-refractivity contribution in [3.8, 4) is 11.6 Å². The van der Waals surface area contributed by atoms with Crippen molar-refractivity contribution in [1.82, 2.24) is 9.97 Å². The Hall–Kier alpha value is -1.88. The van der Waals surface area contributed by atoms with Gasteiger partial charge < -0.3 is 14.9 Å². The van der Waals surface area contributed by atoms with Crippen molar-refractivity contribution in [1.29, 1.82) is 0 Å². The number of nitrogens with zero attached hydrogens (tertiary/aromatic N) is 2. The SMILES string of the molecule is COCc1cc(N)nc(-c2ccco2)n1. The molecule has 2 heterocycles. The molecule has 2 aromatic rings. The first-order chi connectivity index (χ1) is 7.29. The van der Waals surface area contributed by atoms with Crippen molar-refractivity contribution in [2.75, 3.05) is 12.8 Å². The Morgan fingerprint density at radius 1 is 1.47 bits per heavy atom. The van der Waals surface area contributed by atoms with Crippen LogP contribution in [0.25, 0.3) is 11.6 Å². The van der Waals surface area contributed by atoms with E-state index >= 15 is 0 Å². The summed E-state index contributed by atoms with van der Waals surface area (Å²) >= 11 is 0. The minimum Gasteiger partial charge on any atom is -0.461 e. The number of hydrogen-bond donors (Lipinski definition) is 1. The predicted octanol–water partition coefficient (Wildman–Crippen LogP) is 1.47. The van der Waals surface area contributed by atoms with Crippen molar-refractivity contribution in [3.63, 3.8) is 0 Å². The largest absolute Gasteiger partial charge is 0.461 e. The summed E-state index contributed by atoms with van der Waals surface area (Å²) in [5.74, 6) is 1.48. The Balaban J connectivity index is 2.40. The van der Waals surface area contributed by atoms with E-state index in [2.05, 4.69) is 9.97 Å². The number of rotatable bonds is 3. The summed E-state index contributed by atoms with van der Waals surface area (Å²) in [4.78, 5) is 8.33. The quantitative estimate of drug-likeness (QED) is 0.821. The molecule has 5 nitrogen and oxygen atoms in total. The molecule has 78 valence electrons. The van der Waals surface area contributed by atoms with Crippen molar-refractivity contribution in [2.24, 2.45) is 0 Å². The van der Waals surface area contributed by atoms with Gasteiger partial charge in [0.2, 0.25) is 0 Å². The fourth-order valence-electron chi connectivity index (χ4n) is 1.26. The first-order valence-electron chi connectivity index (χ1n) is 4.46. The van der Waals surface area contributed by atoms with E-state index in [1.54, 1.807) is 31.6 Å². The number of anilines is 1. The van der Waals surface area contributed by atoms with Crippen molar-refractivity contribution >= 4 is 5.82 Å². The van der Waals surface area contributed by atoms with E-state index in [9.17, 15) is 0 Å². The van der Waals surface area contributed by atoms with E-state index in [0.29, 0.717) is 24.0 Å². The molecule has 15 heavy (non-hydrogen) atoms. The zero-order chi connectivity index (χ0) is 10.7. The molecule has 0 aliphatic rings. The van der Waals surface area contributed by atoms with Gasteiger partial charge in [0.05, 0.1) is 18.6 Å². The van der Waals surface area contributed by atoms with E-state index in [-0.39, 0.29) is 0 Å². The first kappa shape index (κ1) is 9.67. The highest BCUT2D eigenvalue weighted by Gasteiger charge is 2.07. The smallest absolute Gasteiger partial charge is 0.197 e. The lowest BCUT2D eigenvalue weighted by atomic mass is 10.3. The summed E-state index contributed by atoms with van der Waals surface area (Å²) in [6.07, 6.45) is 1.57. The lowest BCUT2D eigenvalue weighted by Crippen LogP contribution is -2.00. The zero-order valence-electron chi connectivity index (χ0n) is 8.30. The van der Waals surface area contributed by atoms with Crippen LogP contribution in [0.3, 0.4) is 0 Å². The third-order valence-electron chi connectivity index (χ3n) is 1.83. The second-order valence-corrected chi connectivity index (χ2v) is 3.02. The number of nitrogens with two attached hydrogens (primary N) is 1. The highest BCUT2D eigenvalue weighted by atomic mass is 16.5. The summed E-state index contributed by atoms with van der Waals surface area (Å²) in [7, 11) is 1.60. The lowest BCUT2D eigenvalue weighted by molar-refractivity contribution is 0.181. The van der Waals surface area contributed by atoms with Crippen LogP contribution in [-0.4, -0.2) is 17.1 Å². The van der Waals surface area contributed by atoms with Gasteiger partial charge in [0.1, 0.15) is 5.82 Å². The molecule has 0 atom stereocenters. The third-order valence-corrected chi connectivity index (χ3v) is 1.83. The number of nitrogen functional groups attached to an aromatic ring is 1. The molecule has 0 saturated carbocycles. The van der Waals surface area contributed by atoms with Crippen molar-refractivity contribution < 1.29 is 9.15 Å². The molecule has 0 fully saturated rings. The lowest BCUT2D eigenvalue weighted by Gasteiger charge is -2.02. The maximum atomic E-state index is 5.65. The van der Waals surface area contributed by atoms with E-state index in [4.69, 9.17) is 14.9 Å². The van der Waals surface area contributed by atoms with Crippen molar-refractivity contribution in [2.45, 2.75) is 6.61 Å². The number of ether oxygens (including phenoxy) is 1. The molecular weight excluding hydrogens is 194 g/mol. The van der Waals surface area contributed by atoms with Crippen molar-refractivity contribution in [3.05, 3.63) is 30.2 Å². The van der Waals surface area contributed by atoms with Gasteiger partial charge in [-0.1, -0.05) is 0 Å². The summed E-state index contributed by atoms with van der Waals surface area (Å²) < 4.78 is 10.2. The van der Waals surface area contributed by atoms with Gasteiger partial charge in [-0.25, -0.2) is 9.97 Å². The van der Waals surface area contributed by atoms with Gasteiger partial charge in [-0.05, 0) is 12.1 Å². The van der Waals surface area contributed by atoms with E-state index < -0.39 is 0 Å². The zero-order valence-corrected chi connectivity index (χ0v) is 8.30. The summed E-state index contributed by atoms with van der Waals surface area (Å²) in [5, 5.41) is 0. The molecule has 2 aromatic heterocycles. The van der Waals surface area contributed by atoms with Crippen LogP contribution in [0.1, 0.15) is 5.69 Å². The average molecular weight is 205 g/mol. The number of methoxy groups -OCH3 is 1. The Bertz CT molecular complexity index is 440. The van der Waals surface area contributed by atoms with Crippen LogP contribution in [0.2, 0.25) is 0 Å². The number of hydrogen-bond acceptors (Lipinski definition) is 5. The second kappa shape index (κ2) is 4.10. The summed E-state index contributed by atoms with van der Waals surface area (Å²) in [6.45, 7) is 0.403. The number of aromatic nitrogens is 2. The minimum atomic E-state index is 0.403. The van der Waals surface area contributed by atoms with Crippen LogP contribution in [0.4, 0.5) is 5.82 Å². The van der Waals surface area contributed by atoms with Gasteiger partial charge in [0.15, 0.2) is 11.6 Å². The Morgan fingerprint density at radius 3 is 3.00 bits per heavy atom. The molecule has 0 aromatic carbocycles. The van der Waals surface area contributed by atoms with Crippen LogP contribution >= 0.6 is 0 Å². The molecule has 0 amide bonds. The average Bonchev–Trinajstić information content (AvgIpc) is 2.70. The molecule has 0 unspecified atom stereocenters. The van der Waals surface area contributed by atoms with Gasteiger partial charge >= 0.3 is 0 Å². The van der Waals surface area contributed by atoms with Gasteiger partial charge in [0, 0.05) is 13.2 Å². The molecule has 5 heteroatoms. The van der Waals surface area contributed by atoms with Gasteiger partial charge in [-0.3, -0.25) is 0 Å². The van der Waals surface area contributed by atoms with Crippen LogP contribution in [0, 0.1) is 0 Å². The van der Waals surface area contributed by atoms with Crippen LogP contribution in [0.15, 0.2) is 28.9 Å². The van der Waals surface area contributed by atoms with Crippen LogP contribution in [-0.2, 0) is 11.3 Å². The summed E-state index contributed by atoms with van der Waals surface area (Å²) in [6, 6.07) is 5.24. The maximum Gasteiger partial charge on any atom is 0.197 e. The topological polar surface area (TPSA) is 74.2 Å². The van der Waals surface area contributed by atoms with E-state index in [0.717, 1.165) is 5.69 Å². The fourth-order valence-corrected chi connectivity index (χ4v) is 1.26. The molecule has 0 bridgehead atoms. The predicted molar refractivity (Wildman–Crippen MR) is 54.9 cm³/mol.